The molecular formula is C15H16IN3. The van der Waals surface area contributed by atoms with E-state index in [1.165, 1.54) is 11.3 Å². The van der Waals surface area contributed by atoms with E-state index in [1.807, 2.05) is 6.21 Å². The van der Waals surface area contributed by atoms with Crippen LogP contribution in [0, 0.1) is 0 Å². The summed E-state index contributed by atoms with van der Waals surface area (Å²) in [7, 11) is 2.12. The summed E-state index contributed by atoms with van der Waals surface area (Å²) in [6.45, 7) is 0.976. The van der Waals surface area contributed by atoms with Crippen molar-refractivity contribution < 1.29 is 0 Å². The second-order valence-corrected chi connectivity index (χ2v) is 7.28. The Kier molecular flexibility index (Phi) is 3.77. The molecule has 0 bridgehead atoms. The molecular weight excluding hydrogens is 349 g/mol. The van der Waals surface area contributed by atoms with Gasteiger partial charge in [0.1, 0.15) is 0 Å². The number of para-hydroxylation sites is 1. The van der Waals surface area contributed by atoms with E-state index in [0.717, 1.165) is 18.5 Å². The normalized spacial score (nSPS) is 18.3. The van der Waals surface area contributed by atoms with Gasteiger partial charge in [0.05, 0.1) is 11.9 Å². The van der Waals surface area contributed by atoms with Crippen LogP contribution in [0.2, 0.25) is 0 Å². The summed E-state index contributed by atoms with van der Waals surface area (Å²) in [5.74, 6) is 0. The van der Waals surface area contributed by atoms with Crippen LogP contribution < -0.4 is 5.01 Å². The van der Waals surface area contributed by atoms with Crippen LogP contribution in [0.4, 0.5) is 5.69 Å². The molecule has 98 valence electrons. The van der Waals surface area contributed by atoms with Gasteiger partial charge < -0.3 is 3.11 Å². The lowest BCUT2D eigenvalue weighted by molar-refractivity contribution is 0.835. The molecule has 4 heteroatoms. The summed E-state index contributed by atoms with van der Waals surface area (Å²) in [6.07, 6.45) is 9.46. The topological polar surface area (TPSA) is 18.8 Å². The zero-order chi connectivity index (χ0) is 13.1. The number of hydrazone groups is 1. The highest BCUT2D eigenvalue weighted by atomic mass is 127. The summed E-state index contributed by atoms with van der Waals surface area (Å²) in [4.78, 5) is 0. The molecule has 0 aliphatic carbocycles. The first kappa shape index (κ1) is 12.6. The van der Waals surface area contributed by atoms with E-state index in [9.17, 15) is 0 Å². The first-order valence-electron chi connectivity index (χ1n) is 6.30. The summed E-state index contributed by atoms with van der Waals surface area (Å²) < 4.78 is 4.51. The fourth-order valence-corrected chi connectivity index (χ4v) is 3.56. The molecule has 2 heterocycles. The number of halogens is 1. The van der Waals surface area contributed by atoms with Gasteiger partial charge in [-0.05, 0) is 60.8 Å². The first-order valence-corrected chi connectivity index (χ1v) is 8.51. The molecule has 1 aromatic carbocycles. The van der Waals surface area contributed by atoms with E-state index in [0.29, 0.717) is 0 Å². The molecule has 0 atom stereocenters. The number of nitrogens with zero attached hydrogens (tertiary/aromatic N) is 3. The summed E-state index contributed by atoms with van der Waals surface area (Å²) in [6, 6.07) is 8.49. The molecule has 0 spiro atoms. The maximum Gasteiger partial charge on any atom is 0.0626 e. The van der Waals surface area contributed by atoms with Gasteiger partial charge in [0.2, 0.25) is 0 Å². The summed E-state index contributed by atoms with van der Waals surface area (Å²) in [5, 5.41) is 6.71. The molecule has 1 aromatic rings. The number of hydrogen-bond donors (Lipinski definition) is 0. The van der Waals surface area contributed by atoms with Crippen LogP contribution in [0.15, 0.2) is 53.3 Å². The Labute approximate surface area is 124 Å². The monoisotopic (exact) mass is 365 g/mol. The predicted molar refractivity (Wildman–Crippen MR) is 91.1 cm³/mol. The third kappa shape index (κ3) is 2.94. The van der Waals surface area contributed by atoms with Crippen LogP contribution >= 0.6 is 21.0 Å². The van der Waals surface area contributed by atoms with Crippen LogP contribution in [-0.2, 0) is 6.42 Å². The molecule has 0 aromatic heterocycles. The molecule has 3 rings (SSSR count). The number of hydrogen-bond acceptors (Lipinski definition) is 3. The number of anilines is 1. The van der Waals surface area contributed by atoms with E-state index in [4.69, 9.17) is 0 Å². The van der Waals surface area contributed by atoms with Gasteiger partial charge in [-0.2, -0.15) is 5.10 Å². The molecule has 0 saturated heterocycles. The highest BCUT2D eigenvalue weighted by Gasteiger charge is 2.16. The van der Waals surface area contributed by atoms with Gasteiger partial charge in [0, 0.05) is 19.8 Å². The van der Waals surface area contributed by atoms with Crippen molar-refractivity contribution in [1.82, 2.24) is 3.11 Å². The highest BCUT2D eigenvalue weighted by molar-refractivity contribution is 14.2. The van der Waals surface area contributed by atoms with E-state index in [1.54, 1.807) is 0 Å². The predicted octanol–water partition coefficient (Wildman–Crippen LogP) is 3.11. The van der Waals surface area contributed by atoms with Gasteiger partial charge in [-0.15, -0.1) is 0 Å². The Hall–Kier alpha value is -1.43. The Bertz CT molecular complexity index is 587. The molecule has 0 fully saturated rings. The molecule has 0 unspecified atom stereocenters. The lowest BCUT2D eigenvalue weighted by Crippen LogP contribution is -2.12. The molecule has 0 radical (unpaired) electrons. The Morgan fingerprint density at radius 3 is 3.16 bits per heavy atom. The fourth-order valence-electron chi connectivity index (χ4n) is 2.13. The molecule has 0 amide bonds. The van der Waals surface area contributed by atoms with Gasteiger partial charge >= 0.3 is 0 Å². The van der Waals surface area contributed by atoms with Gasteiger partial charge in [-0.1, -0.05) is 18.2 Å². The Morgan fingerprint density at radius 1 is 1.32 bits per heavy atom. The van der Waals surface area contributed by atoms with E-state index in [2.05, 4.69) is 66.9 Å². The van der Waals surface area contributed by atoms with Crippen LogP contribution in [0.1, 0.15) is 5.56 Å². The van der Waals surface area contributed by atoms with Crippen molar-refractivity contribution in [3.8, 4) is 0 Å². The van der Waals surface area contributed by atoms with Crippen molar-refractivity contribution in [2.45, 2.75) is 6.42 Å². The van der Waals surface area contributed by atoms with Gasteiger partial charge in [0.15, 0.2) is 0 Å². The summed E-state index contributed by atoms with van der Waals surface area (Å²) >= 11 is 0.00188. The first-order chi connectivity index (χ1) is 9.33. The van der Waals surface area contributed by atoms with Crippen LogP contribution in [0.3, 0.4) is 0 Å². The van der Waals surface area contributed by atoms with Crippen molar-refractivity contribution in [3.63, 3.8) is 0 Å². The maximum absolute atomic E-state index is 4.62. The number of allylic oxidation sites excluding steroid dienone is 3. The summed E-state index contributed by atoms with van der Waals surface area (Å²) in [5.41, 5.74) is 3.79. The Morgan fingerprint density at radius 2 is 2.21 bits per heavy atom. The van der Waals surface area contributed by atoms with Crippen molar-refractivity contribution >= 4 is 36.9 Å². The molecule has 3 nitrogen and oxygen atoms in total. The zero-order valence-corrected chi connectivity index (χ0v) is 13.0. The van der Waals surface area contributed by atoms with Crippen molar-refractivity contribution in [3.05, 3.63) is 53.8 Å². The molecule has 19 heavy (non-hydrogen) atoms. The molecule has 2 aliphatic heterocycles. The molecule has 0 saturated carbocycles. The smallest absolute Gasteiger partial charge is 0.0626 e. The second kappa shape index (κ2) is 5.69. The van der Waals surface area contributed by atoms with Crippen molar-refractivity contribution in [2.24, 2.45) is 5.10 Å². The average Bonchev–Trinajstić information content (AvgIpc) is 2.73. The largest absolute Gasteiger partial charge is 0.330 e. The minimum absolute atomic E-state index is 0.00188. The standard InChI is InChI=1S/C15H16IN3/c1-18-10-7-13(6-9-16-18)12-17-19-11-8-14-4-2-3-5-15(14)19/h2-7,9-10,12H,8,11H2,1H3/b17-12-. The van der Waals surface area contributed by atoms with Crippen LogP contribution in [-0.4, -0.2) is 26.9 Å². The minimum atomic E-state index is 0.00188. The average molecular weight is 365 g/mol. The van der Waals surface area contributed by atoms with Gasteiger partial charge in [-0.25, -0.2) is 0 Å². The van der Waals surface area contributed by atoms with E-state index >= 15 is 0 Å². The van der Waals surface area contributed by atoms with E-state index < -0.39 is 0 Å². The number of rotatable bonds is 2. The lowest BCUT2D eigenvalue weighted by Gasteiger charge is -2.11. The number of benzene rings is 1. The van der Waals surface area contributed by atoms with Crippen LogP contribution in [0.25, 0.3) is 0 Å². The number of fused-ring (bicyclic) bond motifs is 1. The molecule has 0 N–H and O–H groups in total. The zero-order valence-electron chi connectivity index (χ0n) is 10.8. The quantitative estimate of drug-likeness (QED) is 0.456. The van der Waals surface area contributed by atoms with Gasteiger partial charge in [0.25, 0.3) is 0 Å². The molecule has 2 aliphatic rings. The third-order valence-electron chi connectivity index (χ3n) is 3.15. The van der Waals surface area contributed by atoms with Crippen molar-refractivity contribution in [1.29, 1.82) is 0 Å². The van der Waals surface area contributed by atoms with E-state index in [-0.39, 0.29) is 21.0 Å². The van der Waals surface area contributed by atoms with Crippen LogP contribution in [0.5, 0.6) is 0 Å². The Balaban J connectivity index is 1.76. The lowest BCUT2D eigenvalue weighted by atomic mass is 10.2. The van der Waals surface area contributed by atoms with Gasteiger partial charge in [-0.3, -0.25) is 5.01 Å². The highest BCUT2D eigenvalue weighted by Crippen LogP contribution is 2.27. The second-order valence-electron chi connectivity index (χ2n) is 4.48. The maximum atomic E-state index is 4.62. The van der Waals surface area contributed by atoms with Crippen molar-refractivity contribution in [2.75, 3.05) is 18.6 Å². The third-order valence-corrected chi connectivity index (χ3v) is 5.03. The minimum Gasteiger partial charge on any atom is -0.330 e. The SMILES string of the molecule is CN1C=CC(/C=N\N2CCc3ccccc32)=CC=I1. The fraction of sp³-hybridized carbons (Fsp3) is 0.200.